The Morgan fingerprint density at radius 1 is 1.41 bits per heavy atom. The molecule has 0 spiro atoms. The highest BCUT2D eigenvalue weighted by Crippen LogP contribution is 2.34. The summed E-state index contributed by atoms with van der Waals surface area (Å²) in [6, 6.07) is 0. The van der Waals surface area contributed by atoms with Gasteiger partial charge in [-0.2, -0.15) is 5.10 Å². The molecule has 3 heteroatoms. The second-order valence-corrected chi connectivity index (χ2v) is 5.32. The van der Waals surface area contributed by atoms with E-state index in [1.54, 1.807) is 0 Å². The van der Waals surface area contributed by atoms with E-state index < -0.39 is 0 Å². The highest BCUT2D eigenvalue weighted by atomic mass is 15.2. The Kier molecular flexibility index (Phi) is 4.60. The quantitative estimate of drug-likeness (QED) is 0.820. The Morgan fingerprint density at radius 2 is 2.24 bits per heavy atom. The SMILES string of the molecule is CCNCC1CCCC1CCc1cnn(C)c1. The van der Waals surface area contributed by atoms with Gasteiger partial charge in [0.05, 0.1) is 6.20 Å². The molecule has 3 nitrogen and oxygen atoms in total. The molecular formula is C14H25N3. The van der Waals surface area contributed by atoms with Crippen molar-refractivity contribution in [2.45, 2.75) is 39.0 Å². The Morgan fingerprint density at radius 3 is 2.94 bits per heavy atom. The largest absolute Gasteiger partial charge is 0.317 e. The summed E-state index contributed by atoms with van der Waals surface area (Å²) in [5.41, 5.74) is 1.39. The molecular weight excluding hydrogens is 210 g/mol. The van der Waals surface area contributed by atoms with Crippen LogP contribution in [-0.2, 0) is 13.5 Å². The zero-order chi connectivity index (χ0) is 12.1. The molecule has 0 aliphatic heterocycles. The minimum absolute atomic E-state index is 0.909. The molecule has 2 rings (SSSR count). The summed E-state index contributed by atoms with van der Waals surface area (Å²) in [6.45, 7) is 4.51. The zero-order valence-corrected chi connectivity index (χ0v) is 11.2. The van der Waals surface area contributed by atoms with E-state index in [4.69, 9.17) is 0 Å². The molecule has 1 fully saturated rings. The maximum absolute atomic E-state index is 4.23. The number of hydrogen-bond acceptors (Lipinski definition) is 2. The molecule has 1 aromatic rings. The van der Waals surface area contributed by atoms with Crippen LogP contribution in [0.25, 0.3) is 0 Å². The van der Waals surface area contributed by atoms with Gasteiger partial charge in [0, 0.05) is 13.2 Å². The van der Waals surface area contributed by atoms with Crippen LogP contribution in [0.2, 0.25) is 0 Å². The van der Waals surface area contributed by atoms with Crippen LogP contribution in [0.3, 0.4) is 0 Å². The van der Waals surface area contributed by atoms with E-state index in [9.17, 15) is 0 Å². The lowest BCUT2D eigenvalue weighted by atomic mass is 9.90. The first-order chi connectivity index (χ1) is 8.29. The van der Waals surface area contributed by atoms with Gasteiger partial charge in [-0.15, -0.1) is 0 Å². The van der Waals surface area contributed by atoms with E-state index in [-0.39, 0.29) is 0 Å². The first kappa shape index (κ1) is 12.6. The lowest BCUT2D eigenvalue weighted by molar-refractivity contribution is 0.350. The molecule has 96 valence electrons. The van der Waals surface area contributed by atoms with Gasteiger partial charge in [0.15, 0.2) is 0 Å². The number of aryl methyl sites for hydroxylation is 2. The fourth-order valence-corrected chi connectivity index (χ4v) is 3.05. The molecule has 17 heavy (non-hydrogen) atoms. The molecule has 2 atom stereocenters. The van der Waals surface area contributed by atoms with Crippen LogP contribution in [0.1, 0.15) is 38.2 Å². The smallest absolute Gasteiger partial charge is 0.0521 e. The highest BCUT2D eigenvalue weighted by Gasteiger charge is 2.26. The van der Waals surface area contributed by atoms with Crippen LogP contribution in [-0.4, -0.2) is 22.9 Å². The van der Waals surface area contributed by atoms with Crippen molar-refractivity contribution >= 4 is 0 Å². The molecule has 1 aromatic heterocycles. The van der Waals surface area contributed by atoms with Crippen LogP contribution in [0, 0.1) is 11.8 Å². The van der Waals surface area contributed by atoms with Gasteiger partial charge < -0.3 is 5.32 Å². The zero-order valence-electron chi connectivity index (χ0n) is 11.2. The standard InChI is InChI=1S/C14H25N3/c1-3-15-10-14-6-4-5-13(14)8-7-12-9-16-17(2)11-12/h9,11,13-15H,3-8,10H2,1-2H3. The van der Waals surface area contributed by atoms with Gasteiger partial charge in [-0.05, 0) is 49.8 Å². The predicted octanol–water partition coefficient (Wildman–Crippen LogP) is 2.38. The molecule has 1 aliphatic carbocycles. The van der Waals surface area contributed by atoms with Crippen LogP contribution in [0.5, 0.6) is 0 Å². The van der Waals surface area contributed by atoms with Gasteiger partial charge in [-0.3, -0.25) is 4.68 Å². The minimum atomic E-state index is 0.909. The van der Waals surface area contributed by atoms with Crippen molar-refractivity contribution in [2.75, 3.05) is 13.1 Å². The number of nitrogens with zero attached hydrogens (tertiary/aromatic N) is 2. The van der Waals surface area contributed by atoms with Gasteiger partial charge in [-0.25, -0.2) is 0 Å². The lowest BCUT2D eigenvalue weighted by Gasteiger charge is -2.19. The topological polar surface area (TPSA) is 29.9 Å². The first-order valence-electron chi connectivity index (χ1n) is 6.98. The monoisotopic (exact) mass is 235 g/mol. The molecule has 0 bridgehead atoms. The summed E-state index contributed by atoms with van der Waals surface area (Å²) < 4.78 is 1.90. The molecule has 2 unspecified atom stereocenters. The van der Waals surface area contributed by atoms with Crippen molar-refractivity contribution in [3.05, 3.63) is 18.0 Å². The Balaban J connectivity index is 1.77. The molecule has 1 saturated carbocycles. The fourth-order valence-electron chi connectivity index (χ4n) is 3.05. The third kappa shape index (κ3) is 3.56. The number of hydrogen-bond donors (Lipinski definition) is 1. The van der Waals surface area contributed by atoms with Gasteiger partial charge in [-0.1, -0.05) is 19.8 Å². The molecule has 1 heterocycles. The maximum Gasteiger partial charge on any atom is 0.0521 e. The van der Waals surface area contributed by atoms with E-state index >= 15 is 0 Å². The predicted molar refractivity (Wildman–Crippen MR) is 70.9 cm³/mol. The molecule has 0 amide bonds. The highest BCUT2D eigenvalue weighted by molar-refractivity contribution is 5.04. The van der Waals surface area contributed by atoms with E-state index in [2.05, 4.69) is 23.5 Å². The lowest BCUT2D eigenvalue weighted by Crippen LogP contribution is -2.25. The number of nitrogens with one attached hydrogen (secondary N) is 1. The van der Waals surface area contributed by atoms with Crippen molar-refractivity contribution in [1.82, 2.24) is 15.1 Å². The maximum atomic E-state index is 4.23. The Bertz CT molecular complexity index is 332. The summed E-state index contributed by atoms with van der Waals surface area (Å²) in [5, 5.41) is 7.74. The molecule has 0 aromatic carbocycles. The second kappa shape index (κ2) is 6.20. The molecule has 0 radical (unpaired) electrons. The fraction of sp³-hybridized carbons (Fsp3) is 0.786. The Hall–Kier alpha value is -0.830. The summed E-state index contributed by atoms with van der Waals surface area (Å²) in [7, 11) is 1.99. The second-order valence-electron chi connectivity index (χ2n) is 5.32. The summed E-state index contributed by atoms with van der Waals surface area (Å²) >= 11 is 0. The van der Waals surface area contributed by atoms with Crippen LogP contribution >= 0.6 is 0 Å². The average molecular weight is 235 g/mol. The van der Waals surface area contributed by atoms with E-state index in [1.165, 1.54) is 44.2 Å². The van der Waals surface area contributed by atoms with Crippen molar-refractivity contribution < 1.29 is 0 Å². The number of aromatic nitrogens is 2. The first-order valence-corrected chi connectivity index (χ1v) is 6.98. The van der Waals surface area contributed by atoms with Crippen molar-refractivity contribution in [1.29, 1.82) is 0 Å². The van der Waals surface area contributed by atoms with E-state index in [1.807, 2.05) is 17.9 Å². The van der Waals surface area contributed by atoms with Crippen molar-refractivity contribution in [3.63, 3.8) is 0 Å². The molecule has 1 N–H and O–H groups in total. The van der Waals surface area contributed by atoms with Crippen molar-refractivity contribution in [2.24, 2.45) is 18.9 Å². The van der Waals surface area contributed by atoms with Gasteiger partial charge >= 0.3 is 0 Å². The van der Waals surface area contributed by atoms with Gasteiger partial charge in [0.25, 0.3) is 0 Å². The van der Waals surface area contributed by atoms with Crippen LogP contribution in [0.4, 0.5) is 0 Å². The normalized spacial score (nSPS) is 24.4. The van der Waals surface area contributed by atoms with Crippen LogP contribution in [0.15, 0.2) is 12.4 Å². The molecule has 1 aliphatic rings. The van der Waals surface area contributed by atoms with Gasteiger partial charge in [0.2, 0.25) is 0 Å². The summed E-state index contributed by atoms with van der Waals surface area (Å²) in [6.07, 6.45) is 11.0. The summed E-state index contributed by atoms with van der Waals surface area (Å²) in [5.74, 6) is 1.83. The van der Waals surface area contributed by atoms with E-state index in [0.717, 1.165) is 18.4 Å². The van der Waals surface area contributed by atoms with Crippen LogP contribution < -0.4 is 5.32 Å². The van der Waals surface area contributed by atoms with Gasteiger partial charge in [0.1, 0.15) is 0 Å². The minimum Gasteiger partial charge on any atom is -0.317 e. The van der Waals surface area contributed by atoms with E-state index in [0.29, 0.717) is 0 Å². The van der Waals surface area contributed by atoms with Crippen molar-refractivity contribution in [3.8, 4) is 0 Å². The Labute approximate surface area is 105 Å². The summed E-state index contributed by atoms with van der Waals surface area (Å²) in [4.78, 5) is 0. The average Bonchev–Trinajstić information content (AvgIpc) is 2.92. The number of rotatable bonds is 6. The third-order valence-corrected chi connectivity index (χ3v) is 4.04. The third-order valence-electron chi connectivity index (χ3n) is 4.04. The molecule has 0 saturated heterocycles.